The van der Waals surface area contributed by atoms with E-state index in [0.717, 1.165) is 27.9 Å². The molecule has 6 atom stereocenters. The molecule has 36 heavy (non-hydrogen) atoms. The number of carbonyl (C=O) groups is 5. The molecule has 2 fully saturated rings. The van der Waals surface area contributed by atoms with Crippen LogP contribution in [0, 0.1) is 0 Å². The molecule has 196 valence electrons. The van der Waals surface area contributed by atoms with Crippen LogP contribution in [0.25, 0.3) is 0 Å². The second-order valence-electron chi connectivity index (χ2n) is 8.11. The van der Waals surface area contributed by atoms with E-state index in [1.165, 1.54) is 4.90 Å². The van der Waals surface area contributed by atoms with E-state index in [1.54, 1.807) is 31.3 Å². The molecule has 1 aromatic carbocycles. The van der Waals surface area contributed by atoms with E-state index in [0.29, 0.717) is 12.1 Å². The van der Waals surface area contributed by atoms with Gasteiger partial charge in [0, 0.05) is 27.8 Å². The standard InChI is InChI=1S/C23H27NO12/c1-11(25)31-17-18(32-12(2)26)20(33-13(3)27)22(36-19(17)21(28)30-5)34-15-8-6-7-14(9-15)16-10-24(4)23(29)35-16/h6-9,16-20,22H,10H2,1-5H3/t16-,17-,18-,19?,20-,22+/m0/s1. The Morgan fingerprint density at radius 1 is 0.944 bits per heavy atom. The molecule has 2 saturated heterocycles. The Hall–Kier alpha value is -3.87. The first-order valence-electron chi connectivity index (χ1n) is 10.9. The summed E-state index contributed by atoms with van der Waals surface area (Å²) in [4.78, 5) is 61.2. The summed E-state index contributed by atoms with van der Waals surface area (Å²) in [5, 5.41) is 0. The summed E-state index contributed by atoms with van der Waals surface area (Å²) in [5.74, 6) is -3.12. The fraction of sp³-hybridized carbons (Fsp3) is 0.522. The van der Waals surface area contributed by atoms with Gasteiger partial charge in [0.2, 0.25) is 12.4 Å². The quantitative estimate of drug-likeness (QED) is 0.379. The topological polar surface area (TPSA) is 153 Å². The van der Waals surface area contributed by atoms with Gasteiger partial charge in [0.1, 0.15) is 11.9 Å². The smallest absolute Gasteiger partial charge is 0.410 e. The van der Waals surface area contributed by atoms with Gasteiger partial charge < -0.3 is 38.1 Å². The molecular weight excluding hydrogens is 482 g/mol. The zero-order chi connectivity index (χ0) is 26.6. The fourth-order valence-electron chi connectivity index (χ4n) is 3.84. The van der Waals surface area contributed by atoms with Crippen LogP contribution in [0.4, 0.5) is 4.79 Å². The van der Waals surface area contributed by atoms with Gasteiger partial charge in [-0.25, -0.2) is 9.59 Å². The first kappa shape index (κ1) is 26.7. The Morgan fingerprint density at radius 3 is 2.11 bits per heavy atom. The second kappa shape index (κ2) is 11.2. The minimum Gasteiger partial charge on any atom is -0.467 e. The molecule has 0 radical (unpaired) electrons. The Labute approximate surface area is 206 Å². The van der Waals surface area contributed by atoms with E-state index < -0.39 is 66.8 Å². The third kappa shape index (κ3) is 6.22. The van der Waals surface area contributed by atoms with Crippen molar-refractivity contribution in [1.82, 2.24) is 4.90 Å². The number of likely N-dealkylation sites (N-methyl/N-ethyl adjacent to an activating group) is 1. The Bertz CT molecular complexity index is 1030. The number of hydrogen-bond acceptors (Lipinski definition) is 12. The van der Waals surface area contributed by atoms with Crippen molar-refractivity contribution in [1.29, 1.82) is 0 Å². The average molecular weight is 509 g/mol. The van der Waals surface area contributed by atoms with E-state index in [1.807, 2.05) is 0 Å². The molecule has 13 nitrogen and oxygen atoms in total. The Balaban J connectivity index is 1.96. The molecule has 0 aromatic heterocycles. The minimum absolute atomic E-state index is 0.205. The molecule has 1 unspecified atom stereocenters. The van der Waals surface area contributed by atoms with Gasteiger partial charge in [0.15, 0.2) is 18.3 Å². The lowest BCUT2D eigenvalue weighted by Crippen LogP contribution is -2.64. The van der Waals surface area contributed by atoms with Gasteiger partial charge in [-0.2, -0.15) is 0 Å². The van der Waals surface area contributed by atoms with Gasteiger partial charge in [-0.1, -0.05) is 12.1 Å². The predicted molar refractivity (Wildman–Crippen MR) is 116 cm³/mol. The van der Waals surface area contributed by atoms with Crippen LogP contribution < -0.4 is 4.74 Å². The monoisotopic (exact) mass is 509 g/mol. The van der Waals surface area contributed by atoms with Crippen molar-refractivity contribution in [2.45, 2.75) is 57.6 Å². The number of hydrogen-bond donors (Lipinski definition) is 0. The number of benzene rings is 1. The molecule has 2 aliphatic heterocycles. The summed E-state index contributed by atoms with van der Waals surface area (Å²) in [6.07, 6.45) is -8.48. The van der Waals surface area contributed by atoms with Gasteiger partial charge >= 0.3 is 30.0 Å². The number of rotatable bonds is 7. The lowest BCUT2D eigenvalue weighted by molar-refractivity contribution is -0.282. The van der Waals surface area contributed by atoms with Gasteiger partial charge in [-0.05, 0) is 17.7 Å². The predicted octanol–water partition coefficient (Wildman–Crippen LogP) is 0.881. The fourth-order valence-corrected chi connectivity index (χ4v) is 3.84. The SMILES string of the molecule is COC(=O)C1O[C@@H](Oc2cccc([C@@H]3CN(C)C(=O)O3)c2)[C@@H](OC(C)=O)[C@@H](OC(C)=O)[C@@H]1OC(C)=O. The molecular formula is C23H27NO12. The molecule has 0 aliphatic carbocycles. The number of ether oxygens (including phenoxy) is 7. The molecule has 0 saturated carbocycles. The van der Waals surface area contributed by atoms with Crippen LogP contribution in [0.5, 0.6) is 5.75 Å². The van der Waals surface area contributed by atoms with E-state index in [2.05, 4.69) is 0 Å². The first-order valence-corrected chi connectivity index (χ1v) is 10.9. The maximum atomic E-state index is 12.5. The number of amides is 1. The van der Waals surface area contributed by atoms with Crippen LogP contribution in [0.3, 0.4) is 0 Å². The zero-order valence-electron chi connectivity index (χ0n) is 20.3. The summed E-state index contributed by atoms with van der Waals surface area (Å²) >= 11 is 0. The minimum atomic E-state index is -1.58. The molecule has 1 aromatic rings. The highest BCUT2D eigenvalue weighted by atomic mass is 16.7. The highest BCUT2D eigenvalue weighted by molar-refractivity contribution is 5.77. The lowest BCUT2D eigenvalue weighted by atomic mass is 9.97. The van der Waals surface area contributed by atoms with Crippen molar-refractivity contribution in [2.75, 3.05) is 20.7 Å². The molecule has 3 rings (SSSR count). The van der Waals surface area contributed by atoms with E-state index in [9.17, 15) is 24.0 Å². The lowest BCUT2D eigenvalue weighted by Gasteiger charge is -2.43. The summed E-state index contributed by atoms with van der Waals surface area (Å²) in [6.45, 7) is 3.61. The number of carbonyl (C=O) groups excluding carboxylic acids is 5. The van der Waals surface area contributed by atoms with Crippen molar-refractivity contribution in [2.24, 2.45) is 0 Å². The molecule has 0 spiro atoms. The number of methoxy groups -OCH3 is 1. The largest absolute Gasteiger partial charge is 0.467 e. The van der Waals surface area contributed by atoms with Gasteiger partial charge in [-0.15, -0.1) is 0 Å². The van der Waals surface area contributed by atoms with E-state index in [4.69, 9.17) is 33.2 Å². The number of esters is 4. The maximum Gasteiger partial charge on any atom is 0.410 e. The third-order valence-electron chi connectivity index (χ3n) is 5.31. The summed E-state index contributed by atoms with van der Waals surface area (Å²) in [6, 6.07) is 6.51. The summed E-state index contributed by atoms with van der Waals surface area (Å²) in [7, 11) is 2.69. The van der Waals surface area contributed by atoms with Crippen LogP contribution in [-0.4, -0.2) is 86.3 Å². The summed E-state index contributed by atoms with van der Waals surface area (Å²) in [5.41, 5.74) is 0.615. The highest BCUT2D eigenvalue weighted by Crippen LogP contribution is 2.33. The molecule has 0 N–H and O–H groups in total. The summed E-state index contributed by atoms with van der Waals surface area (Å²) < 4.78 is 37.6. The molecule has 13 heteroatoms. The molecule has 2 heterocycles. The Morgan fingerprint density at radius 2 is 1.56 bits per heavy atom. The van der Waals surface area contributed by atoms with Crippen LogP contribution in [0.2, 0.25) is 0 Å². The van der Waals surface area contributed by atoms with Crippen LogP contribution >= 0.6 is 0 Å². The molecule has 0 bridgehead atoms. The third-order valence-corrected chi connectivity index (χ3v) is 5.31. The molecule has 1 amide bonds. The molecule has 2 aliphatic rings. The van der Waals surface area contributed by atoms with Crippen LogP contribution in [0.15, 0.2) is 24.3 Å². The van der Waals surface area contributed by atoms with Crippen molar-refractivity contribution < 1.29 is 57.1 Å². The Kier molecular flexibility index (Phi) is 8.35. The number of nitrogens with zero attached hydrogens (tertiary/aromatic N) is 1. The zero-order valence-corrected chi connectivity index (χ0v) is 20.3. The van der Waals surface area contributed by atoms with Crippen LogP contribution in [-0.2, 0) is 47.6 Å². The van der Waals surface area contributed by atoms with E-state index >= 15 is 0 Å². The first-order chi connectivity index (χ1) is 17.0. The van der Waals surface area contributed by atoms with E-state index in [-0.39, 0.29) is 5.75 Å². The highest BCUT2D eigenvalue weighted by Gasteiger charge is 2.55. The van der Waals surface area contributed by atoms with Crippen LogP contribution in [0.1, 0.15) is 32.4 Å². The average Bonchev–Trinajstić information content (AvgIpc) is 3.14. The second-order valence-corrected chi connectivity index (χ2v) is 8.11. The van der Waals surface area contributed by atoms with Gasteiger partial charge in [0.25, 0.3) is 0 Å². The van der Waals surface area contributed by atoms with Gasteiger partial charge in [-0.3, -0.25) is 14.4 Å². The van der Waals surface area contributed by atoms with Crippen molar-refractivity contribution >= 4 is 30.0 Å². The van der Waals surface area contributed by atoms with Crippen molar-refractivity contribution in [3.63, 3.8) is 0 Å². The van der Waals surface area contributed by atoms with Crippen molar-refractivity contribution in [3.8, 4) is 5.75 Å². The normalized spacial score (nSPS) is 27.5. The number of cyclic esters (lactones) is 1. The maximum absolute atomic E-state index is 12.5. The van der Waals surface area contributed by atoms with Crippen molar-refractivity contribution in [3.05, 3.63) is 29.8 Å². The van der Waals surface area contributed by atoms with Gasteiger partial charge in [0.05, 0.1) is 13.7 Å².